The molecule has 3 aromatic carbocycles. The number of amides is 3. The van der Waals surface area contributed by atoms with Crippen LogP contribution in [0.5, 0.6) is 0 Å². The minimum atomic E-state index is -1.11. The van der Waals surface area contributed by atoms with E-state index in [4.69, 9.17) is 4.74 Å². The van der Waals surface area contributed by atoms with Crippen molar-refractivity contribution in [2.45, 2.75) is 51.8 Å². The van der Waals surface area contributed by atoms with Crippen molar-refractivity contribution in [2.24, 2.45) is 0 Å². The molecule has 0 radical (unpaired) electrons. The molecule has 0 saturated heterocycles. The molecule has 8 nitrogen and oxygen atoms in total. The number of benzene rings is 3. The first-order chi connectivity index (χ1) is 19.0. The van der Waals surface area contributed by atoms with Crippen molar-refractivity contribution in [3.05, 3.63) is 77.9 Å². The van der Waals surface area contributed by atoms with Crippen LogP contribution < -0.4 is 10.6 Å². The SMILES string of the molecule is CSCCC(NC(=O)OC(C)(C)C)C(=O)N(CC#N)C(C(=O)Nc1ccc2ccccc2c1)c1ccc(C)cc1. The molecule has 3 amide bonds. The molecule has 0 heterocycles. The molecule has 2 atom stereocenters. The smallest absolute Gasteiger partial charge is 0.408 e. The minimum absolute atomic E-state index is 0.300. The highest BCUT2D eigenvalue weighted by molar-refractivity contribution is 7.98. The molecule has 0 aliphatic carbocycles. The van der Waals surface area contributed by atoms with Gasteiger partial charge in [0.1, 0.15) is 24.2 Å². The Balaban J connectivity index is 1.98. The van der Waals surface area contributed by atoms with Gasteiger partial charge in [-0.15, -0.1) is 0 Å². The highest BCUT2D eigenvalue weighted by atomic mass is 32.2. The van der Waals surface area contributed by atoms with E-state index in [-0.39, 0.29) is 6.54 Å². The molecular formula is C31H36N4O4S. The zero-order chi connectivity index (χ0) is 29.3. The van der Waals surface area contributed by atoms with Crippen LogP contribution >= 0.6 is 11.8 Å². The van der Waals surface area contributed by atoms with Crippen LogP contribution in [0.15, 0.2) is 66.7 Å². The molecule has 0 spiro atoms. The number of nitrogens with one attached hydrogen (secondary N) is 2. The second-order valence-corrected chi connectivity index (χ2v) is 11.5. The van der Waals surface area contributed by atoms with Gasteiger partial charge in [0.15, 0.2) is 0 Å². The fourth-order valence-corrected chi connectivity index (χ4v) is 4.69. The molecule has 0 fully saturated rings. The number of aryl methyl sites for hydroxylation is 1. The quantitative estimate of drug-likeness (QED) is 0.302. The molecule has 9 heteroatoms. The van der Waals surface area contributed by atoms with E-state index in [0.717, 1.165) is 16.3 Å². The number of nitrogens with zero attached hydrogens (tertiary/aromatic N) is 2. The van der Waals surface area contributed by atoms with Crippen molar-refractivity contribution >= 4 is 46.1 Å². The van der Waals surface area contributed by atoms with E-state index in [2.05, 4.69) is 10.6 Å². The highest BCUT2D eigenvalue weighted by Gasteiger charge is 2.36. The van der Waals surface area contributed by atoms with Crippen LogP contribution in [0.4, 0.5) is 10.5 Å². The predicted octanol–water partition coefficient (Wildman–Crippen LogP) is 5.83. The van der Waals surface area contributed by atoms with Crippen molar-refractivity contribution in [2.75, 3.05) is 23.9 Å². The lowest BCUT2D eigenvalue weighted by Gasteiger charge is -2.33. The number of ether oxygens (including phenoxy) is 1. The topological polar surface area (TPSA) is 112 Å². The lowest BCUT2D eigenvalue weighted by Crippen LogP contribution is -2.52. The standard InChI is InChI=1S/C31H36N4O4S/c1-21-10-12-23(13-11-21)27(28(36)33-25-15-14-22-8-6-7-9-24(22)20-25)35(18-17-32)29(37)26(16-19-40-5)34-30(38)39-31(2,3)4/h6-15,20,26-27H,16,18-19H2,1-5H3,(H,33,36)(H,34,38). The molecule has 0 aromatic heterocycles. The summed E-state index contributed by atoms with van der Waals surface area (Å²) in [4.78, 5) is 41.7. The van der Waals surface area contributed by atoms with E-state index in [0.29, 0.717) is 23.4 Å². The first-order valence-electron chi connectivity index (χ1n) is 13.0. The van der Waals surface area contributed by atoms with Gasteiger partial charge < -0.3 is 20.3 Å². The zero-order valence-electron chi connectivity index (χ0n) is 23.6. The number of hydrogen-bond donors (Lipinski definition) is 2. The van der Waals surface area contributed by atoms with Gasteiger partial charge in [0.2, 0.25) is 5.91 Å². The Morgan fingerprint density at radius 1 is 1.02 bits per heavy atom. The van der Waals surface area contributed by atoms with Gasteiger partial charge in [-0.05, 0) is 74.6 Å². The van der Waals surface area contributed by atoms with Crippen molar-refractivity contribution in [3.8, 4) is 6.07 Å². The number of nitriles is 1. The number of alkyl carbamates (subject to hydrolysis) is 1. The van der Waals surface area contributed by atoms with Gasteiger partial charge in [-0.25, -0.2) is 4.79 Å². The Hall–Kier alpha value is -4.03. The molecule has 2 unspecified atom stereocenters. The van der Waals surface area contributed by atoms with Gasteiger partial charge >= 0.3 is 6.09 Å². The Labute approximate surface area is 240 Å². The second kappa shape index (κ2) is 13.9. The van der Waals surface area contributed by atoms with Gasteiger partial charge in [0.25, 0.3) is 5.91 Å². The maximum Gasteiger partial charge on any atom is 0.408 e. The number of carbonyl (C=O) groups is 3. The fraction of sp³-hybridized carbons (Fsp3) is 0.355. The van der Waals surface area contributed by atoms with Crippen LogP contribution in [0.3, 0.4) is 0 Å². The molecule has 210 valence electrons. The van der Waals surface area contributed by atoms with Crippen molar-refractivity contribution in [1.82, 2.24) is 10.2 Å². The van der Waals surface area contributed by atoms with Crippen molar-refractivity contribution < 1.29 is 19.1 Å². The largest absolute Gasteiger partial charge is 0.444 e. The Kier molecular flexibility index (Phi) is 10.6. The van der Waals surface area contributed by atoms with Gasteiger partial charge in [0, 0.05) is 5.69 Å². The summed E-state index contributed by atoms with van der Waals surface area (Å²) >= 11 is 1.52. The normalized spacial score (nSPS) is 12.6. The summed E-state index contributed by atoms with van der Waals surface area (Å²) in [5.41, 5.74) is 1.35. The third-order valence-electron chi connectivity index (χ3n) is 6.09. The summed E-state index contributed by atoms with van der Waals surface area (Å²) in [5, 5.41) is 17.3. The van der Waals surface area contributed by atoms with Crippen LogP contribution in [0.25, 0.3) is 10.8 Å². The molecule has 40 heavy (non-hydrogen) atoms. The summed E-state index contributed by atoms with van der Waals surface area (Å²) in [6, 6.07) is 20.5. The molecule has 3 aromatic rings. The van der Waals surface area contributed by atoms with E-state index >= 15 is 0 Å². The van der Waals surface area contributed by atoms with Gasteiger partial charge in [-0.3, -0.25) is 9.59 Å². The van der Waals surface area contributed by atoms with Gasteiger partial charge in [0.05, 0.1) is 6.07 Å². The summed E-state index contributed by atoms with van der Waals surface area (Å²) in [7, 11) is 0. The average molecular weight is 561 g/mol. The molecule has 2 N–H and O–H groups in total. The number of rotatable bonds is 10. The first-order valence-corrected chi connectivity index (χ1v) is 14.4. The number of hydrogen-bond acceptors (Lipinski definition) is 6. The van der Waals surface area contributed by atoms with Crippen molar-refractivity contribution in [3.63, 3.8) is 0 Å². The highest BCUT2D eigenvalue weighted by Crippen LogP contribution is 2.26. The van der Waals surface area contributed by atoms with Gasteiger partial charge in [-0.2, -0.15) is 17.0 Å². The predicted molar refractivity (Wildman–Crippen MR) is 160 cm³/mol. The van der Waals surface area contributed by atoms with E-state index in [1.165, 1.54) is 16.7 Å². The van der Waals surface area contributed by atoms with Crippen LogP contribution in [0.2, 0.25) is 0 Å². The molecule has 0 saturated carbocycles. The average Bonchev–Trinajstić information content (AvgIpc) is 2.90. The maximum absolute atomic E-state index is 14.0. The lowest BCUT2D eigenvalue weighted by atomic mass is 10.0. The zero-order valence-corrected chi connectivity index (χ0v) is 24.4. The number of thioether (sulfide) groups is 1. The molecule has 0 bridgehead atoms. The number of anilines is 1. The fourth-order valence-electron chi connectivity index (χ4n) is 4.21. The van der Waals surface area contributed by atoms with E-state index in [1.807, 2.05) is 67.8 Å². The maximum atomic E-state index is 14.0. The molecular weight excluding hydrogens is 524 g/mol. The van der Waals surface area contributed by atoms with Crippen LogP contribution in [-0.4, -0.2) is 53.0 Å². The van der Waals surface area contributed by atoms with Gasteiger partial charge in [-0.1, -0.05) is 60.2 Å². The molecule has 0 aliphatic rings. The minimum Gasteiger partial charge on any atom is -0.444 e. The second-order valence-electron chi connectivity index (χ2n) is 10.5. The monoisotopic (exact) mass is 560 g/mol. The molecule has 0 aliphatic heterocycles. The van der Waals surface area contributed by atoms with E-state index in [9.17, 15) is 19.6 Å². The molecule has 3 rings (SSSR count). The Bertz CT molecular complexity index is 1380. The summed E-state index contributed by atoms with van der Waals surface area (Å²) in [5.74, 6) is -0.435. The Morgan fingerprint density at radius 2 is 1.70 bits per heavy atom. The summed E-state index contributed by atoms with van der Waals surface area (Å²) < 4.78 is 5.39. The lowest BCUT2D eigenvalue weighted by molar-refractivity contribution is -0.140. The first kappa shape index (κ1) is 30.5. The van der Waals surface area contributed by atoms with Crippen molar-refractivity contribution in [1.29, 1.82) is 5.26 Å². The number of fused-ring (bicyclic) bond motifs is 1. The van der Waals surface area contributed by atoms with Crippen LogP contribution in [0, 0.1) is 18.3 Å². The summed E-state index contributed by atoms with van der Waals surface area (Å²) in [6.07, 6.45) is 1.46. The van der Waals surface area contributed by atoms with E-state index < -0.39 is 35.6 Å². The summed E-state index contributed by atoms with van der Waals surface area (Å²) in [6.45, 7) is 6.77. The third kappa shape index (κ3) is 8.48. The third-order valence-corrected chi connectivity index (χ3v) is 6.74. The van der Waals surface area contributed by atoms with E-state index in [1.54, 1.807) is 39.0 Å². The van der Waals surface area contributed by atoms with Crippen LogP contribution in [-0.2, 0) is 14.3 Å². The number of carbonyl (C=O) groups excluding carboxylic acids is 3. The Morgan fingerprint density at radius 3 is 2.33 bits per heavy atom. The van der Waals surface area contributed by atoms with Crippen LogP contribution in [0.1, 0.15) is 44.4 Å².